The SMILES string of the molecule is CCNCc1cn(CC(C)CO)c2cc(Cl)ccc12. The molecular formula is C15H21ClN2O. The highest BCUT2D eigenvalue weighted by molar-refractivity contribution is 6.31. The van der Waals surface area contributed by atoms with Crippen molar-refractivity contribution in [1.29, 1.82) is 0 Å². The average Bonchev–Trinajstić information content (AvgIpc) is 2.73. The predicted molar refractivity (Wildman–Crippen MR) is 80.6 cm³/mol. The number of aliphatic hydroxyl groups excluding tert-OH is 1. The summed E-state index contributed by atoms with van der Waals surface area (Å²) in [6.07, 6.45) is 2.16. The molecule has 0 aliphatic rings. The van der Waals surface area contributed by atoms with Gasteiger partial charge >= 0.3 is 0 Å². The molecule has 0 amide bonds. The van der Waals surface area contributed by atoms with E-state index < -0.39 is 0 Å². The molecule has 0 radical (unpaired) electrons. The molecule has 1 heterocycles. The molecule has 2 aromatic rings. The molecule has 19 heavy (non-hydrogen) atoms. The van der Waals surface area contributed by atoms with Gasteiger partial charge in [0.25, 0.3) is 0 Å². The number of rotatable bonds is 6. The van der Waals surface area contributed by atoms with Crippen molar-refractivity contribution in [3.63, 3.8) is 0 Å². The van der Waals surface area contributed by atoms with Crippen LogP contribution in [0.4, 0.5) is 0 Å². The Balaban J connectivity index is 2.41. The van der Waals surface area contributed by atoms with Gasteiger partial charge in [0.05, 0.1) is 0 Å². The van der Waals surface area contributed by atoms with Crippen molar-refractivity contribution in [3.8, 4) is 0 Å². The molecule has 2 rings (SSSR count). The van der Waals surface area contributed by atoms with Crippen LogP contribution in [0.15, 0.2) is 24.4 Å². The molecule has 2 N–H and O–H groups in total. The fourth-order valence-corrected chi connectivity index (χ4v) is 2.45. The Labute approximate surface area is 119 Å². The third-order valence-electron chi connectivity index (χ3n) is 3.31. The van der Waals surface area contributed by atoms with Gasteiger partial charge in [0, 0.05) is 41.8 Å². The smallest absolute Gasteiger partial charge is 0.0498 e. The van der Waals surface area contributed by atoms with Crippen LogP contribution in [-0.4, -0.2) is 22.8 Å². The lowest BCUT2D eigenvalue weighted by atomic mass is 10.1. The van der Waals surface area contributed by atoms with E-state index in [-0.39, 0.29) is 12.5 Å². The molecule has 1 aromatic carbocycles. The number of hydrogen-bond acceptors (Lipinski definition) is 2. The molecule has 0 bridgehead atoms. The first-order valence-corrected chi connectivity index (χ1v) is 7.12. The number of fused-ring (bicyclic) bond motifs is 1. The third-order valence-corrected chi connectivity index (χ3v) is 3.55. The molecule has 0 saturated heterocycles. The van der Waals surface area contributed by atoms with Gasteiger partial charge in [-0.05, 0) is 30.2 Å². The van der Waals surface area contributed by atoms with Crippen LogP contribution in [0.1, 0.15) is 19.4 Å². The molecule has 0 saturated carbocycles. The fraction of sp³-hybridized carbons (Fsp3) is 0.467. The second-order valence-electron chi connectivity index (χ2n) is 5.04. The highest BCUT2D eigenvalue weighted by Gasteiger charge is 2.10. The van der Waals surface area contributed by atoms with Crippen LogP contribution in [0.25, 0.3) is 10.9 Å². The Kier molecular flexibility index (Phi) is 4.86. The van der Waals surface area contributed by atoms with Gasteiger partial charge in [-0.15, -0.1) is 0 Å². The molecule has 3 nitrogen and oxygen atoms in total. The van der Waals surface area contributed by atoms with E-state index in [9.17, 15) is 5.11 Å². The van der Waals surface area contributed by atoms with Gasteiger partial charge in [-0.3, -0.25) is 0 Å². The zero-order valence-corrected chi connectivity index (χ0v) is 12.2. The van der Waals surface area contributed by atoms with Crippen LogP contribution in [0.2, 0.25) is 5.02 Å². The van der Waals surface area contributed by atoms with Crippen molar-refractivity contribution in [1.82, 2.24) is 9.88 Å². The number of halogens is 1. The number of nitrogens with one attached hydrogen (secondary N) is 1. The highest BCUT2D eigenvalue weighted by Crippen LogP contribution is 2.25. The zero-order valence-electron chi connectivity index (χ0n) is 11.5. The van der Waals surface area contributed by atoms with E-state index in [0.717, 1.165) is 30.2 Å². The Morgan fingerprint density at radius 3 is 2.89 bits per heavy atom. The average molecular weight is 281 g/mol. The highest BCUT2D eigenvalue weighted by atomic mass is 35.5. The normalized spacial score (nSPS) is 13.1. The lowest BCUT2D eigenvalue weighted by molar-refractivity contribution is 0.224. The van der Waals surface area contributed by atoms with Gasteiger partial charge in [0.15, 0.2) is 0 Å². The van der Waals surface area contributed by atoms with Crippen LogP contribution >= 0.6 is 11.6 Å². The number of nitrogens with zero attached hydrogens (tertiary/aromatic N) is 1. The van der Waals surface area contributed by atoms with Crippen molar-refractivity contribution in [3.05, 3.63) is 35.0 Å². The van der Waals surface area contributed by atoms with Gasteiger partial charge in [-0.1, -0.05) is 31.5 Å². The van der Waals surface area contributed by atoms with E-state index in [0.29, 0.717) is 0 Å². The lowest BCUT2D eigenvalue weighted by Crippen LogP contribution is -2.12. The number of hydrogen-bond donors (Lipinski definition) is 2. The molecule has 0 aliphatic carbocycles. The molecule has 1 atom stereocenters. The summed E-state index contributed by atoms with van der Waals surface area (Å²) in [7, 11) is 0. The molecule has 0 fully saturated rings. The molecule has 0 spiro atoms. The summed E-state index contributed by atoms with van der Waals surface area (Å²) in [6, 6.07) is 6.00. The summed E-state index contributed by atoms with van der Waals surface area (Å²) in [6.45, 7) is 6.95. The Morgan fingerprint density at radius 1 is 1.42 bits per heavy atom. The van der Waals surface area contributed by atoms with Crippen LogP contribution < -0.4 is 5.32 Å². The number of aliphatic hydroxyl groups is 1. The maximum Gasteiger partial charge on any atom is 0.0498 e. The second-order valence-corrected chi connectivity index (χ2v) is 5.47. The van der Waals surface area contributed by atoms with Crippen molar-refractivity contribution < 1.29 is 5.11 Å². The predicted octanol–water partition coefficient (Wildman–Crippen LogP) is 3.03. The van der Waals surface area contributed by atoms with Crippen LogP contribution in [-0.2, 0) is 13.1 Å². The first kappa shape index (κ1) is 14.4. The van der Waals surface area contributed by atoms with Gasteiger partial charge in [-0.25, -0.2) is 0 Å². The summed E-state index contributed by atoms with van der Waals surface area (Å²) in [5.41, 5.74) is 2.42. The summed E-state index contributed by atoms with van der Waals surface area (Å²) in [4.78, 5) is 0. The van der Waals surface area contributed by atoms with Crippen LogP contribution in [0.5, 0.6) is 0 Å². The minimum absolute atomic E-state index is 0.197. The number of aromatic nitrogens is 1. The van der Waals surface area contributed by atoms with Crippen molar-refractivity contribution in [2.45, 2.75) is 26.9 Å². The summed E-state index contributed by atoms with van der Waals surface area (Å²) in [5, 5.41) is 14.6. The maximum atomic E-state index is 9.22. The number of benzene rings is 1. The maximum absolute atomic E-state index is 9.22. The van der Waals surface area contributed by atoms with Crippen molar-refractivity contribution in [2.24, 2.45) is 5.92 Å². The largest absolute Gasteiger partial charge is 0.396 e. The van der Waals surface area contributed by atoms with E-state index in [1.165, 1.54) is 10.9 Å². The molecular weight excluding hydrogens is 260 g/mol. The fourth-order valence-electron chi connectivity index (χ4n) is 2.29. The van der Waals surface area contributed by atoms with Crippen LogP contribution in [0, 0.1) is 5.92 Å². The summed E-state index contributed by atoms with van der Waals surface area (Å²) in [5.74, 6) is 0.238. The minimum Gasteiger partial charge on any atom is -0.396 e. The Morgan fingerprint density at radius 2 is 2.21 bits per heavy atom. The standard InChI is InChI=1S/C15H21ClN2O/c1-3-17-7-12-9-18(8-11(2)10-19)15-6-13(16)4-5-14(12)15/h4-6,9,11,17,19H,3,7-8,10H2,1-2H3. The van der Waals surface area contributed by atoms with Gasteiger partial charge in [-0.2, -0.15) is 0 Å². The summed E-state index contributed by atoms with van der Waals surface area (Å²) >= 11 is 6.10. The van der Waals surface area contributed by atoms with E-state index in [1.807, 2.05) is 19.1 Å². The third kappa shape index (κ3) is 3.30. The Bertz CT molecular complexity index is 550. The molecule has 4 heteroatoms. The van der Waals surface area contributed by atoms with Gasteiger partial charge in [0.1, 0.15) is 0 Å². The van der Waals surface area contributed by atoms with E-state index in [2.05, 4.69) is 29.1 Å². The van der Waals surface area contributed by atoms with Gasteiger partial charge < -0.3 is 15.0 Å². The van der Waals surface area contributed by atoms with Crippen LogP contribution in [0.3, 0.4) is 0 Å². The van der Waals surface area contributed by atoms with Crippen molar-refractivity contribution >= 4 is 22.5 Å². The van der Waals surface area contributed by atoms with E-state index in [4.69, 9.17) is 11.6 Å². The first-order valence-electron chi connectivity index (χ1n) is 6.74. The topological polar surface area (TPSA) is 37.2 Å². The molecule has 104 valence electrons. The molecule has 0 aliphatic heterocycles. The van der Waals surface area contributed by atoms with Crippen molar-refractivity contribution in [2.75, 3.05) is 13.2 Å². The second kappa shape index (κ2) is 6.42. The summed E-state index contributed by atoms with van der Waals surface area (Å²) < 4.78 is 2.19. The van der Waals surface area contributed by atoms with E-state index >= 15 is 0 Å². The zero-order chi connectivity index (χ0) is 13.8. The monoisotopic (exact) mass is 280 g/mol. The lowest BCUT2D eigenvalue weighted by Gasteiger charge is -2.10. The Hall–Kier alpha value is -1.03. The van der Waals surface area contributed by atoms with E-state index in [1.54, 1.807) is 0 Å². The molecule has 1 aromatic heterocycles. The minimum atomic E-state index is 0.197. The molecule has 1 unspecified atom stereocenters. The first-order chi connectivity index (χ1) is 9.15. The quantitative estimate of drug-likeness (QED) is 0.853. The van der Waals surface area contributed by atoms with Gasteiger partial charge in [0.2, 0.25) is 0 Å².